The lowest BCUT2D eigenvalue weighted by atomic mass is 9.93. The van der Waals surface area contributed by atoms with Crippen molar-refractivity contribution in [3.05, 3.63) is 46.7 Å². The van der Waals surface area contributed by atoms with Crippen LogP contribution < -0.4 is 10.6 Å². The molecule has 0 bridgehead atoms. The van der Waals surface area contributed by atoms with Crippen LogP contribution in [0.4, 0.5) is 22.8 Å². The van der Waals surface area contributed by atoms with Crippen LogP contribution in [0.25, 0.3) is 0 Å². The Morgan fingerprint density at radius 3 is 2.35 bits per heavy atom. The highest BCUT2D eigenvalue weighted by molar-refractivity contribution is 5.95. The molecular formula is C25H34F3N5O4. The maximum absolute atomic E-state index is 13.2. The van der Waals surface area contributed by atoms with Crippen LogP contribution in [0.2, 0.25) is 0 Å². The Bertz CT molecular complexity index is 1030. The number of rotatable bonds is 7. The van der Waals surface area contributed by atoms with Crippen molar-refractivity contribution < 1.29 is 32.3 Å². The van der Waals surface area contributed by atoms with E-state index in [2.05, 4.69) is 15.5 Å². The molecule has 0 spiro atoms. The number of piperazine rings is 1. The molecule has 0 aromatic heterocycles. The van der Waals surface area contributed by atoms with Crippen LogP contribution in [-0.4, -0.2) is 84.6 Å². The van der Waals surface area contributed by atoms with Gasteiger partial charge in [-0.1, -0.05) is 12.1 Å². The number of hydrogen-bond donors (Lipinski definition) is 2. The number of alkyl halides is 3. The van der Waals surface area contributed by atoms with Gasteiger partial charge >= 0.3 is 24.2 Å². The van der Waals surface area contributed by atoms with E-state index >= 15 is 0 Å². The van der Waals surface area contributed by atoms with Gasteiger partial charge in [0.25, 0.3) is 0 Å². The maximum atomic E-state index is 13.2. The Hall–Kier alpha value is -3.28. The van der Waals surface area contributed by atoms with Gasteiger partial charge in [-0.05, 0) is 45.4 Å². The third-order valence-electron chi connectivity index (χ3n) is 6.50. The zero-order chi connectivity index (χ0) is 27.3. The van der Waals surface area contributed by atoms with Crippen molar-refractivity contribution in [1.29, 1.82) is 0 Å². The summed E-state index contributed by atoms with van der Waals surface area (Å²) in [5, 5.41) is 5.56. The number of likely N-dealkylation sites (N-methyl/N-ethyl adjacent to an activating group) is 1. The normalized spacial score (nSPS) is 21.1. The van der Waals surface area contributed by atoms with Crippen LogP contribution >= 0.6 is 0 Å². The minimum absolute atomic E-state index is 0.0949. The Morgan fingerprint density at radius 1 is 1.14 bits per heavy atom. The zero-order valence-corrected chi connectivity index (χ0v) is 21.5. The van der Waals surface area contributed by atoms with Crippen molar-refractivity contribution in [2.75, 3.05) is 45.9 Å². The molecule has 3 rings (SSSR count). The average Bonchev–Trinajstić information content (AvgIpc) is 2.83. The van der Waals surface area contributed by atoms with E-state index < -0.39 is 29.8 Å². The van der Waals surface area contributed by atoms with Crippen LogP contribution in [0, 0.1) is 0 Å². The van der Waals surface area contributed by atoms with Gasteiger partial charge < -0.3 is 20.3 Å². The molecule has 2 N–H and O–H groups in total. The first-order valence-electron chi connectivity index (χ1n) is 12.4. The van der Waals surface area contributed by atoms with Crippen LogP contribution in [-0.2, 0) is 15.7 Å². The Labute approximate surface area is 214 Å². The summed E-state index contributed by atoms with van der Waals surface area (Å²) in [6.07, 6.45) is -4.51. The predicted molar refractivity (Wildman–Crippen MR) is 130 cm³/mol. The summed E-state index contributed by atoms with van der Waals surface area (Å²) in [5.74, 6) is -0.644. The second kappa shape index (κ2) is 11.8. The highest BCUT2D eigenvalue weighted by atomic mass is 19.4. The molecule has 1 aromatic rings. The van der Waals surface area contributed by atoms with Crippen molar-refractivity contribution in [1.82, 2.24) is 25.3 Å². The minimum atomic E-state index is -4.51. The molecule has 0 radical (unpaired) electrons. The van der Waals surface area contributed by atoms with E-state index in [9.17, 15) is 27.6 Å². The first kappa shape index (κ1) is 28.3. The number of urea groups is 2. The lowest BCUT2D eigenvalue weighted by Gasteiger charge is -2.42. The van der Waals surface area contributed by atoms with Crippen LogP contribution in [0.5, 0.6) is 0 Å². The van der Waals surface area contributed by atoms with E-state index in [1.807, 2.05) is 13.8 Å². The summed E-state index contributed by atoms with van der Waals surface area (Å²) < 4.78 is 44.6. The van der Waals surface area contributed by atoms with Crippen molar-refractivity contribution in [3.63, 3.8) is 0 Å². The SMILES string of the molecule is CCNC(=O)N1CCN(CC2=C(C(=O)OCC)C(c3ccc(C(F)(F)F)cc3)NC(=O)N2CC)CC1C. The van der Waals surface area contributed by atoms with Crippen LogP contribution in [0.3, 0.4) is 0 Å². The van der Waals surface area contributed by atoms with Crippen molar-refractivity contribution >= 4 is 18.0 Å². The molecule has 2 unspecified atom stereocenters. The highest BCUT2D eigenvalue weighted by Crippen LogP contribution is 2.35. The highest BCUT2D eigenvalue weighted by Gasteiger charge is 2.39. The summed E-state index contributed by atoms with van der Waals surface area (Å²) in [4.78, 5) is 43.8. The lowest BCUT2D eigenvalue weighted by Crippen LogP contribution is -2.58. The van der Waals surface area contributed by atoms with E-state index in [1.54, 1.807) is 18.7 Å². The quantitative estimate of drug-likeness (QED) is 0.533. The van der Waals surface area contributed by atoms with Gasteiger partial charge in [0.05, 0.1) is 23.8 Å². The molecule has 12 heteroatoms. The van der Waals surface area contributed by atoms with E-state index in [-0.39, 0.29) is 37.3 Å². The fourth-order valence-corrected chi connectivity index (χ4v) is 4.72. The molecule has 2 atom stereocenters. The third-order valence-corrected chi connectivity index (χ3v) is 6.50. The molecule has 0 aliphatic carbocycles. The van der Waals surface area contributed by atoms with Gasteiger partial charge in [0.15, 0.2) is 0 Å². The molecule has 4 amide bonds. The van der Waals surface area contributed by atoms with Crippen LogP contribution in [0.15, 0.2) is 35.5 Å². The summed E-state index contributed by atoms with van der Waals surface area (Å²) in [6.45, 7) is 9.84. The summed E-state index contributed by atoms with van der Waals surface area (Å²) in [6, 6.07) is 2.71. The monoisotopic (exact) mass is 525 g/mol. The average molecular weight is 526 g/mol. The second-order valence-electron chi connectivity index (χ2n) is 8.94. The maximum Gasteiger partial charge on any atom is 0.416 e. The van der Waals surface area contributed by atoms with Gasteiger partial charge in [-0.3, -0.25) is 9.80 Å². The number of carbonyl (C=O) groups excluding carboxylic acids is 3. The van der Waals surface area contributed by atoms with E-state index in [0.717, 1.165) is 12.1 Å². The number of carbonyl (C=O) groups is 3. The topological polar surface area (TPSA) is 94.2 Å². The zero-order valence-electron chi connectivity index (χ0n) is 21.5. The lowest BCUT2D eigenvalue weighted by molar-refractivity contribution is -0.139. The van der Waals surface area contributed by atoms with E-state index in [0.29, 0.717) is 37.4 Å². The van der Waals surface area contributed by atoms with E-state index in [1.165, 1.54) is 17.0 Å². The molecule has 9 nitrogen and oxygen atoms in total. The number of hydrogen-bond acceptors (Lipinski definition) is 5. The molecular weight excluding hydrogens is 491 g/mol. The first-order chi connectivity index (χ1) is 17.5. The number of amides is 4. The molecule has 37 heavy (non-hydrogen) atoms. The van der Waals surface area contributed by atoms with Crippen molar-refractivity contribution in [2.24, 2.45) is 0 Å². The number of nitrogens with zero attached hydrogens (tertiary/aromatic N) is 3. The van der Waals surface area contributed by atoms with Gasteiger partial charge in [-0.2, -0.15) is 13.2 Å². The minimum Gasteiger partial charge on any atom is -0.463 e. The molecule has 204 valence electrons. The fourth-order valence-electron chi connectivity index (χ4n) is 4.72. The van der Waals surface area contributed by atoms with Gasteiger partial charge in [-0.25, -0.2) is 14.4 Å². The first-order valence-corrected chi connectivity index (χ1v) is 12.4. The molecule has 2 aliphatic heterocycles. The van der Waals surface area contributed by atoms with Gasteiger partial charge in [-0.15, -0.1) is 0 Å². The van der Waals surface area contributed by atoms with Gasteiger partial charge in [0.2, 0.25) is 0 Å². The number of benzene rings is 1. The third kappa shape index (κ3) is 6.35. The Kier molecular flexibility index (Phi) is 9.06. The largest absolute Gasteiger partial charge is 0.463 e. The molecule has 1 saturated heterocycles. The van der Waals surface area contributed by atoms with Crippen LogP contribution in [0.1, 0.15) is 44.9 Å². The molecule has 2 heterocycles. The van der Waals surface area contributed by atoms with E-state index in [4.69, 9.17) is 4.74 Å². The fraction of sp³-hybridized carbons (Fsp3) is 0.560. The van der Waals surface area contributed by atoms with Crippen molar-refractivity contribution in [3.8, 4) is 0 Å². The molecule has 0 saturated carbocycles. The summed E-state index contributed by atoms with van der Waals surface area (Å²) in [5.41, 5.74) is 0.136. The number of esters is 1. The van der Waals surface area contributed by atoms with Gasteiger partial charge in [0, 0.05) is 51.0 Å². The standard InChI is InChI=1S/C25H34F3N5O4/c1-5-29-23(35)33-13-12-31(14-16(33)4)15-19-20(22(34)37-7-3)21(30-24(36)32(19)6-2)17-8-10-18(11-9-17)25(26,27)28/h8-11,16,21H,5-7,12-15H2,1-4H3,(H,29,35)(H,30,36). The molecule has 1 fully saturated rings. The molecule has 1 aromatic carbocycles. The molecule has 2 aliphatic rings. The second-order valence-corrected chi connectivity index (χ2v) is 8.94. The number of ether oxygens (including phenoxy) is 1. The Morgan fingerprint density at radius 2 is 1.81 bits per heavy atom. The number of nitrogens with one attached hydrogen (secondary N) is 2. The van der Waals surface area contributed by atoms with Crippen molar-refractivity contribution in [2.45, 2.75) is 46.0 Å². The smallest absolute Gasteiger partial charge is 0.416 e. The summed E-state index contributed by atoms with van der Waals surface area (Å²) >= 11 is 0. The predicted octanol–water partition coefficient (Wildman–Crippen LogP) is 3.34. The summed E-state index contributed by atoms with van der Waals surface area (Å²) in [7, 11) is 0. The number of halogens is 3. The van der Waals surface area contributed by atoms with Gasteiger partial charge in [0.1, 0.15) is 0 Å². The Balaban J connectivity index is 1.98.